The van der Waals surface area contributed by atoms with Gasteiger partial charge in [-0.3, -0.25) is 0 Å². The Morgan fingerprint density at radius 2 is 1.24 bits per heavy atom. The van der Waals surface area contributed by atoms with Gasteiger partial charge in [-0.1, -0.05) is 74.5 Å². The van der Waals surface area contributed by atoms with E-state index < -0.39 is 15.1 Å². The lowest BCUT2D eigenvalue weighted by Gasteiger charge is -2.19. The molecule has 0 atom stereocenters. The molecule has 0 aliphatic rings. The Balaban J connectivity index is 2.42. The van der Waals surface area contributed by atoms with E-state index >= 15 is 0 Å². The molecule has 0 heterocycles. The molecule has 0 aromatic heterocycles. The fourth-order valence-corrected chi connectivity index (χ4v) is 4.56. The zero-order valence-corrected chi connectivity index (χ0v) is 13.4. The van der Waals surface area contributed by atoms with Gasteiger partial charge in [0.2, 0.25) is 0 Å². The molecule has 0 aliphatic carbocycles. The standard InChI is InChI=1S/C18H22O2S/c1-15(2)13-14-21(19,20)18(16-9-5-3-6-10-16)17-11-7-4-8-12-17/h3-12,15,18H,13-14H2,1-2H3. The molecule has 3 heteroatoms. The van der Waals surface area contributed by atoms with Crippen LogP contribution >= 0.6 is 0 Å². The van der Waals surface area contributed by atoms with E-state index in [0.29, 0.717) is 12.3 Å². The van der Waals surface area contributed by atoms with Crippen LogP contribution in [-0.4, -0.2) is 14.2 Å². The van der Waals surface area contributed by atoms with Crippen molar-refractivity contribution in [1.82, 2.24) is 0 Å². The first-order valence-corrected chi connectivity index (χ1v) is 9.03. The molecule has 0 saturated heterocycles. The molecule has 0 bridgehead atoms. The largest absolute Gasteiger partial charge is 0.228 e. The third-order valence-corrected chi connectivity index (χ3v) is 5.61. The summed E-state index contributed by atoms with van der Waals surface area (Å²) in [6.07, 6.45) is 0.693. The number of benzene rings is 2. The lowest BCUT2D eigenvalue weighted by molar-refractivity contribution is 0.568. The van der Waals surface area contributed by atoms with Gasteiger partial charge >= 0.3 is 0 Å². The van der Waals surface area contributed by atoms with E-state index in [1.54, 1.807) is 0 Å². The second kappa shape index (κ2) is 6.90. The van der Waals surface area contributed by atoms with Crippen LogP contribution in [0.2, 0.25) is 0 Å². The number of hydrogen-bond donors (Lipinski definition) is 0. The van der Waals surface area contributed by atoms with Crippen LogP contribution in [0.5, 0.6) is 0 Å². The van der Waals surface area contributed by atoms with Gasteiger partial charge in [-0.05, 0) is 23.5 Å². The van der Waals surface area contributed by atoms with Gasteiger partial charge in [-0.2, -0.15) is 0 Å². The van der Waals surface area contributed by atoms with Crippen LogP contribution in [0.4, 0.5) is 0 Å². The molecular formula is C18H22O2S. The van der Waals surface area contributed by atoms with Gasteiger partial charge in [-0.25, -0.2) is 8.42 Å². The zero-order chi connectivity index (χ0) is 15.3. The summed E-state index contributed by atoms with van der Waals surface area (Å²) in [7, 11) is -3.22. The van der Waals surface area contributed by atoms with E-state index in [-0.39, 0.29) is 5.75 Å². The summed E-state index contributed by atoms with van der Waals surface area (Å²) in [4.78, 5) is 0. The van der Waals surface area contributed by atoms with Crippen LogP contribution in [0.1, 0.15) is 36.6 Å². The van der Waals surface area contributed by atoms with E-state index in [0.717, 1.165) is 11.1 Å². The number of sulfone groups is 1. The molecule has 2 aromatic carbocycles. The van der Waals surface area contributed by atoms with Crippen molar-refractivity contribution < 1.29 is 8.42 Å². The molecule has 0 amide bonds. The first-order valence-electron chi connectivity index (χ1n) is 7.32. The monoisotopic (exact) mass is 302 g/mol. The molecule has 2 nitrogen and oxygen atoms in total. The first-order chi connectivity index (χ1) is 10.0. The van der Waals surface area contributed by atoms with E-state index in [9.17, 15) is 8.42 Å². The Morgan fingerprint density at radius 1 is 0.810 bits per heavy atom. The third kappa shape index (κ3) is 4.18. The quantitative estimate of drug-likeness (QED) is 0.800. The van der Waals surface area contributed by atoms with E-state index in [1.165, 1.54) is 0 Å². The molecule has 0 N–H and O–H groups in total. The van der Waals surface area contributed by atoms with Crippen LogP contribution in [0.15, 0.2) is 60.7 Å². The van der Waals surface area contributed by atoms with E-state index in [2.05, 4.69) is 13.8 Å². The molecule has 0 fully saturated rings. The van der Waals surface area contributed by atoms with Gasteiger partial charge in [0, 0.05) is 0 Å². The highest BCUT2D eigenvalue weighted by Gasteiger charge is 2.28. The van der Waals surface area contributed by atoms with Crippen molar-refractivity contribution in [3.63, 3.8) is 0 Å². The second-order valence-electron chi connectivity index (χ2n) is 5.75. The summed E-state index contributed by atoms with van der Waals surface area (Å²) < 4.78 is 25.7. The topological polar surface area (TPSA) is 34.1 Å². The summed E-state index contributed by atoms with van der Waals surface area (Å²) in [6.45, 7) is 4.10. The van der Waals surface area contributed by atoms with Crippen LogP contribution in [0.3, 0.4) is 0 Å². The summed E-state index contributed by atoms with van der Waals surface area (Å²) in [6, 6.07) is 19.0. The smallest absolute Gasteiger partial charge is 0.161 e. The van der Waals surface area contributed by atoms with Crippen molar-refractivity contribution >= 4 is 9.84 Å². The Morgan fingerprint density at radius 3 is 1.62 bits per heavy atom. The Hall–Kier alpha value is -1.61. The van der Waals surface area contributed by atoms with Crippen LogP contribution in [-0.2, 0) is 9.84 Å². The Kier molecular flexibility index (Phi) is 5.18. The van der Waals surface area contributed by atoms with Gasteiger partial charge in [0.1, 0.15) is 5.25 Å². The fourth-order valence-electron chi connectivity index (χ4n) is 2.38. The normalized spacial score (nSPS) is 12.0. The molecule has 21 heavy (non-hydrogen) atoms. The van der Waals surface area contributed by atoms with Gasteiger partial charge < -0.3 is 0 Å². The average Bonchev–Trinajstić information content (AvgIpc) is 2.47. The highest BCUT2D eigenvalue weighted by atomic mass is 32.2. The Labute approximate surface area is 127 Å². The predicted octanol–water partition coefficient (Wildman–Crippen LogP) is 4.24. The highest BCUT2D eigenvalue weighted by molar-refractivity contribution is 7.91. The fraction of sp³-hybridized carbons (Fsp3) is 0.333. The third-order valence-electron chi connectivity index (χ3n) is 3.54. The summed E-state index contributed by atoms with van der Waals surface area (Å²) in [5.41, 5.74) is 1.68. The minimum atomic E-state index is -3.22. The maximum absolute atomic E-state index is 12.8. The van der Waals surface area contributed by atoms with E-state index in [4.69, 9.17) is 0 Å². The summed E-state index contributed by atoms with van der Waals surface area (Å²) in [5, 5.41) is -0.571. The molecule has 0 spiro atoms. The van der Waals surface area contributed by atoms with Gasteiger partial charge in [0.15, 0.2) is 9.84 Å². The molecule has 2 aromatic rings. The van der Waals surface area contributed by atoms with Crippen LogP contribution in [0, 0.1) is 5.92 Å². The highest BCUT2D eigenvalue weighted by Crippen LogP contribution is 2.31. The zero-order valence-electron chi connectivity index (χ0n) is 12.6. The van der Waals surface area contributed by atoms with Crippen molar-refractivity contribution in [3.8, 4) is 0 Å². The van der Waals surface area contributed by atoms with Gasteiger partial charge in [-0.15, -0.1) is 0 Å². The van der Waals surface area contributed by atoms with Crippen molar-refractivity contribution in [2.24, 2.45) is 5.92 Å². The van der Waals surface area contributed by atoms with Gasteiger partial charge in [0.05, 0.1) is 5.75 Å². The summed E-state index contributed by atoms with van der Waals surface area (Å²) >= 11 is 0. The number of hydrogen-bond acceptors (Lipinski definition) is 2. The average molecular weight is 302 g/mol. The van der Waals surface area contributed by atoms with Crippen molar-refractivity contribution in [2.45, 2.75) is 25.5 Å². The second-order valence-corrected chi connectivity index (χ2v) is 7.96. The lowest BCUT2D eigenvalue weighted by atomic mass is 10.0. The molecule has 0 saturated carbocycles. The molecule has 112 valence electrons. The predicted molar refractivity (Wildman–Crippen MR) is 88.0 cm³/mol. The van der Waals surface area contributed by atoms with Crippen LogP contribution in [0.25, 0.3) is 0 Å². The molecule has 0 radical (unpaired) electrons. The Bertz CT molecular complexity index is 607. The molecule has 0 aliphatic heterocycles. The molecular weight excluding hydrogens is 280 g/mol. The number of rotatable bonds is 6. The summed E-state index contributed by atoms with van der Waals surface area (Å²) in [5.74, 6) is 0.603. The first kappa shape index (κ1) is 15.8. The van der Waals surface area contributed by atoms with Crippen molar-refractivity contribution in [3.05, 3.63) is 71.8 Å². The van der Waals surface area contributed by atoms with Crippen molar-refractivity contribution in [2.75, 3.05) is 5.75 Å². The minimum absolute atomic E-state index is 0.221. The van der Waals surface area contributed by atoms with Crippen LogP contribution < -0.4 is 0 Å². The lowest BCUT2D eigenvalue weighted by Crippen LogP contribution is -2.19. The van der Waals surface area contributed by atoms with E-state index in [1.807, 2.05) is 60.7 Å². The molecule has 0 unspecified atom stereocenters. The van der Waals surface area contributed by atoms with Crippen molar-refractivity contribution in [1.29, 1.82) is 0 Å². The maximum Gasteiger partial charge on any atom is 0.161 e. The SMILES string of the molecule is CC(C)CCS(=O)(=O)C(c1ccccc1)c1ccccc1. The maximum atomic E-state index is 12.8. The molecule has 2 rings (SSSR count). The minimum Gasteiger partial charge on any atom is -0.228 e. The van der Waals surface area contributed by atoms with Gasteiger partial charge in [0.25, 0.3) is 0 Å².